The van der Waals surface area contributed by atoms with E-state index in [9.17, 15) is 13.2 Å². The largest absolute Gasteiger partial charge is 0.325 e. The molecule has 3 aromatic rings. The molecule has 29 heavy (non-hydrogen) atoms. The Morgan fingerprint density at radius 3 is 2.69 bits per heavy atom. The Bertz CT molecular complexity index is 1200. The topological polar surface area (TPSA) is 92.3 Å². The van der Waals surface area contributed by atoms with Crippen LogP contribution in [0.3, 0.4) is 0 Å². The van der Waals surface area contributed by atoms with E-state index in [2.05, 4.69) is 15.3 Å². The highest BCUT2D eigenvalue weighted by molar-refractivity contribution is 7.99. The van der Waals surface area contributed by atoms with E-state index >= 15 is 0 Å². The van der Waals surface area contributed by atoms with E-state index in [0.29, 0.717) is 22.2 Å². The molecule has 1 aromatic heterocycles. The molecule has 148 valence electrons. The molecule has 1 N–H and O–H groups in total. The van der Waals surface area contributed by atoms with Crippen LogP contribution in [0.1, 0.15) is 5.56 Å². The number of hydrogen-bond donors (Lipinski definition) is 1. The van der Waals surface area contributed by atoms with Crippen LogP contribution in [-0.4, -0.2) is 37.1 Å². The van der Waals surface area contributed by atoms with Gasteiger partial charge in [0.2, 0.25) is 5.91 Å². The second kappa shape index (κ2) is 7.49. The predicted octanol–water partition coefficient (Wildman–Crippen LogP) is 3.32. The fourth-order valence-corrected chi connectivity index (χ4v) is 4.96. The number of benzene rings is 2. The van der Waals surface area contributed by atoms with E-state index in [1.54, 1.807) is 18.2 Å². The van der Waals surface area contributed by atoms with E-state index in [1.165, 1.54) is 17.5 Å². The molecular formula is C20H18N4O3S2. The number of para-hydroxylation sites is 1. The number of nitrogens with zero attached hydrogens (tertiary/aromatic N) is 3. The highest BCUT2D eigenvalue weighted by Gasteiger charge is 2.34. The van der Waals surface area contributed by atoms with Crippen LogP contribution in [-0.2, 0) is 14.8 Å². The van der Waals surface area contributed by atoms with Gasteiger partial charge in [0, 0.05) is 18.3 Å². The van der Waals surface area contributed by atoms with Crippen molar-refractivity contribution in [3.05, 3.63) is 60.3 Å². The van der Waals surface area contributed by atoms with Gasteiger partial charge in [0.15, 0.2) is 5.16 Å². The molecule has 0 saturated heterocycles. The number of carbonyl (C=O) groups is 1. The molecule has 1 aliphatic rings. The molecule has 0 atom stereocenters. The zero-order valence-electron chi connectivity index (χ0n) is 15.8. The summed E-state index contributed by atoms with van der Waals surface area (Å²) in [6, 6.07) is 14.7. The monoisotopic (exact) mass is 426 g/mol. The summed E-state index contributed by atoms with van der Waals surface area (Å²) >= 11 is 1.16. The lowest BCUT2D eigenvalue weighted by Gasteiger charge is -2.28. The third-order valence-corrected chi connectivity index (χ3v) is 7.14. The normalized spacial score (nSPS) is 14.1. The Labute approximate surface area is 173 Å². The first kappa shape index (κ1) is 19.4. The van der Waals surface area contributed by atoms with Crippen LogP contribution in [0.4, 0.5) is 11.4 Å². The van der Waals surface area contributed by atoms with Crippen molar-refractivity contribution in [2.24, 2.45) is 0 Å². The molecule has 7 nitrogen and oxygen atoms in total. The molecular weight excluding hydrogens is 408 g/mol. The summed E-state index contributed by atoms with van der Waals surface area (Å²) in [5, 5.41) is 3.15. The third kappa shape index (κ3) is 3.70. The lowest BCUT2D eigenvalue weighted by molar-refractivity contribution is -0.113. The van der Waals surface area contributed by atoms with Crippen molar-refractivity contribution in [1.82, 2.24) is 9.97 Å². The van der Waals surface area contributed by atoms with Crippen LogP contribution in [0.5, 0.6) is 0 Å². The van der Waals surface area contributed by atoms with E-state index in [0.717, 1.165) is 22.9 Å². The van der Waals surface area contributed by atoms with Crippen molar-refractivity contribution in [3.8, 4) is 11.3 Å². The molecule has 0 radical (unpaired) electrons. The van der Waals surface area contributed by atoms with Crippen LogP contribution in [0.15, 0.2) is 64.8 Å². The number of hydrogen-bond acceptors (Lipinski definition) is 6. The van der Waals surface area contributed by atoms with Crippen molar-refractivity contribution < 1.29 is 13.2 Å². The molecule has 0 spiro atoms. The average molecular weight is 427 g/mol. The van der Waals surface area contributed by atoms with Gasteiger partial charge in [-0.3, -0.25) is 9.10 Å². The first-order valence-electron chi connectivity index (χ1n) is 8.81. The number of anilines is 2. The molecule has 4 rings (SSSR count). The number of fused-ring (bicyclic) bond motifs is 3. The summed E-state index contributed by atoms with van der Waals surface area (Å²) in [5.41, 5.74) is 3.37. The Hall–Kier alpha value is -2.91. The molecule has 9 heteroatoms. The van der Waals surface area contributed by atoms with Crippen LogP contribution >= 0.6 is 11.8 Å². The highest BCUT2D eigenvalue weighted by atomic mass is 32.2. The van der Waals surface area contributed by atoms with Crippen LogP contribution in [0.25, 0.3) is 11.3 Å². The SMILES string of the molecule is Cc1ccc2c(c1)-c1nc(SCC(=O)Nc3ccccc3)ncc1S(=O)(=O)N2C. The standard InChI is InChI=1S/C20H18N4O3S2/c1-13-8-9-16-15(10-13)19-17(29(26,27)24(16)2)11-21-20(23-19)28-12-18(25)22-14-6-4-3-5-7-14/h3-11H,12H2,1-2H3,(H,22,25). The number of amides is 1. The molecule has 0 saturated carbocycles. The Morgan fingerprint density at radius 2 is 1.93 bits per heavy atom. The summed E-state index contributed by atoms with van der Waals surface area (Å²) in [5.74, 6) is -0.0767. The zero-order chi connectivity index (χ0) is 20.6. The first-order chi connectivity index (χ1) is 13.9. The Morgan fingerprint density at radius 1 is 1.17 bits per heavy atom. The van der Waals surface area contributed by atoms with Crippen LogP contribution in [0, 0.1) is 6.92 Å². The number of nitrogens with one attached hydrogen (secondary N) is 1. The molecule has 1 aliphatic heterocycles. The molecule has 0 bridgehead atoms. The molecule has 1 amide bonds. The van der Waals surface area contributed by atoms with Gasteiger partial charge in [-0.25, -0.2) is 18.4 Å². The van der Waals surface area contributed by atoms with E-state index in [4.69, 9.17) is 0 Å². The van der Waals surface area contributed by atoms with Crippen molar-refractivity contribution in [2.45, 2.75) is 17.0 Å². The third-order valence-electron chi connectivity index (χ3n) is 4.51. The predicted molar refractivity (Wildman–Crippen MR) is 114 cm³/mol. The quantitative estimate of drug-likeness (QED) is 0.508. The van der Waals surface area contributed by atoms with Gasteiger partial charge in [-0.1, -0.05) is 41.6 Å². The number of aryl methyl sites for hydroxylation is 1. The van der Waals surface area contributed by atoms with Crippen LogP contribution in [0.2, 0.25) is 0 Å². The second-order valence-electron chi connectivity index (χ2n) is 6.56. The van der Waals surface area contributed by atoms with Crippen molar-refractivity contribution in [3.63, 3.8) is 0 Å². The lowest BCUT2D eigenvalue weighted by atomic mass is 10.1. The van der Waals surface area contributed by atoms with Gasteiger partial charge in [-0.2, -0.15) is 0 Å². The lowest BCUT2D eigenvalue weighted by Crippen LogP contribution is -2.31. The van der Waals surface area contributed by atoms with Gasteiger partial charge >= 0.3 is 0 Å². The van der Waals surface area contributed by atoms with Crippen molar-refractivity contribution >= 4 is 39.1 Å². The fraction of sp³-hybridized carbons (Fsp3) is 0.150. The van der Waals surface area contributed by atoms with Gasteiger partial charge in [-0.05, 0) is 31.2 Å². The van der Waals surface area contributed by atoms with E-state index in [-0.39, 0.29) is 16.6 Å². The summed E-state index contributed by atoms with van der Waals surface area (Å²) in [6.45, 7) is 1.94. The number of rotatable bonds is 4. The van der Waals surface area contributed by atoms with Gasteiger partial charge < -0.3 is 5.32 Å². The van der Waals surface area contributed by atoms with Crippen molar-refractivity contribution in [1.29, 1.82) is 0 Å². The maximum atomic E-state index is 12.8. The molecule has 2 heterocycles. The minimum absolute atomic E-state index is 0.0659. The smallest absolute Gasteiger partial charge is 0.267 e. The summed E-state index contributed by atoms with van der Waals surface area (Å²) in [4.78, 5) is 20.9. The summed E-state index contributed by atoms with van der Waals surface area (Å²) in [7, 11) is -2.20. The highest BCUT2D eigenvalue weighted by Crippen LogP contribution is 2.41. The zero-order valence-corrected chi connectivity index (χ0v) is 17.4. The van der Waals surface area contributed by atoms with E-state index in [1.807, 2.05) is 37.3 Å². The number of sulfonamides is 1. The molecule has 0 unspecified atom stereocenters. The summed E-state index contributed by atoms with van der Waals surface area (Å²) in [6.07, 6.45) is 1.32. The van der Waals surface area contributed by atoms with Gasteiger partial charge in [-0.15, -0.1) is 0 Å². The van der Waals surface area contributed by atoms with Crippen molar-refractivity contribution in [2.75, 3.05) is 22.4 Å². The maximum absolute atomic E-state index is 12.8. The Kier molecular flexibility index (Phi) is 5.01. The first-order valence-corrected chi connectivity index (χ1v) is 11.2. The minimum atomic E-state index is -3.72. The maximum Gasteiger partial charge on any atom is 0.267 e. The Balaban J connectivity index is 1.61. The average Bonchev–Trinajstić information content (AvgIpc) is 2.71. The molecule has 0 aliphatic carbocycles. The molecule has 0 fully saturated rings. The van der Waals surface area contributed by atoms with E-state index < -0.39 is 10.0 Å². The minimum Gasteiger partial charge on any atom is -0.325 e. The number of carbonyl (C=O) groups excluding carboxylic acids is 1. The number of thioether (sulfide) groups is 1. The second-order valence-corrected chi connectivity index (χ2v) is 9.44. The summed E-state index contributed by atoms with van der Waals surface area (Å²) < 4.78 is 26.9. The van der Waals surface area contributed by atoms with Gasteiger partial charge in [0.05, 0.1) is 23.3 Å². The fourth-order valence-electron chi connectivity index (χ4n) is 3.05. The van der Waals surface area contributed by atoms with Crippen LogP contribution < -0.4 is 9.62 Å². The number of aromatic nitrogens is 2. The van der Waals surface area contributed by atoms with Gasteiger partial charge in [0.1, 0.15) is 4.90 Å². The van der Waals surface area contributed by atoms with Gasteiger partial charge in [0.25, 0.3) is 10.0 Å². The molecule has 2 aromatic carbocycles.